The lowest BCUT2D eigenvalue weighted by molar-refractivity contribution is 0.101. The number of fused-ring (bicyclic) bond motifs is 2. The number of carbonyl (C=O) groups is 2. The fourth-order valence-electron chi connectivity index (χ4n) is 14.9. The van der Waals surface area contributed by atoms with Gasteiger partial charge in [-0.05, 0) is 188 Å². The molecule has 6 aromatic heterocycles. The molecule has 0 amide bonds. The zero-order valence-electron chi connectivity index (χ0n) is 61.0. The van der Waals surface area contributed by atoms with Crippen molar-refractivity contribution in [2.24, 2.45) is 5.73 Å². The number of nitrogens with two attached hydrogens (primary N) is 1. The first-order valence-electron chi connectivity index (χ1n) is 34.7. The summed E-state index contributed by atoms with van der Waals surface area (Å²) >= 11 is 18.3. The van der Waals surface area contributed by atoms with Gasteiger partial charge in [0.05, 0.1) is 56.1 Å². The highest BCUT2D eigenvalue weighted by Gasteiger charge is 2.33. The Kier molecular flexibility index (Phi) is 26.7. The minimum absolute atomic E-state index is 0.0769. The topological polar surface area (TPSA) is 168 Å². The lowest BCUT2D eigenvalue weighted by atomic mass is 9.99. The first-order chi connectivity index (χ1) is 45.2. The van der Waals surface area contributed by atoms with Crippen molar-refractivity contribution in [1.82, 2.24) is 43.6 Å². The maximum atomic E-state index is 13.1. The molecule has 512 valence electrons. The van der Waals surface area contributed by atoms with Gasteiger partial charge in [0.25, 0.3) is 0 Å². The molecule has 0 radical (unpaired) electrons. The van der Waals surface area contributed by atoms with Crippen LogP contribution in [0, 0.1) is 104 Å². The molecule has 14 nitrogen and oxygen atoms in total. The summed E-state index contributed by atoms with van der Waals surface area (Å²) in [5.41, 5.74) is 27.9. The van der Waals surface area contributed by atoms with E-state index in [4.69, 9.17) is 60.5 Å². The molecule has 1 aliphatic heterocycles. The fraction of sp³-hybridized carbons (Fsp3) is 0.513. The van der Waals surface area contributed by atoms with Gasteiger partial charge in [-0.1, -0.05) is 145 Å². The summed E-state index contributed by atoms with van der Waals surface area (Å²) in [6.45, 7) is 45.4. The van der Waals surface area contributed by atoms with Crippen LogP contribution in [0.4, 0.5) is 11.6 Å². The van der Waals surface area contributed by atoms with Gasteiger partial charge in [0.15, 0.2) is 28.5 Å². The number of ketones is 2. The van der Waals surface area contributed by atoms with Crippen LogP contribution in [0.5, 0.6) is 0 Å². The molecule has 9 aromatic rings. The zero-order chi connectivity index (χ0) is 70.0. The van der Waals surface area contributed by atoms with E-state index < -0.39 is 0 Å². The van der Waals surface area contributed by atoms with Crippen LogP contribution in [0.1, 0.15) is 229 Å². The molecule has 0 saturated heterocycles. The van der Waals surface area contributed by atoms with Crippen LogP contribution in [0.15, 0.2) is 36.4 Å². The van der Waals surface area contributed by atoms with E-state index in [1.807, 2.05) is 32.3 Å². The quantitative estimate of drug-likeness (QED) is 0.0376. The van der Waals surface area contributed by atoms with Crippen molar-refractivity contribution in [3.63, 3.8) is 0 Å². The van der Waals surface area contributed by atoms with Crippen LogP contribution in [0.3, 0.4) is 0 Å². The van der Waals surface area contributed by atoms with Crippen molar-refractivity contribution in [1.29, 1.82) is 0 Å². The number of rotatable bonds is 22. The van der Waals surface area contributed by atoms with Crippen LogP contribution in [0.25, 0.3) is 50.2 Å². The van der Waals surface area contributed by atoms with E-state index in [-0.39, 0.29) is 28.5 Å². The highest BCUT2D eigenvalue weighted by Crippen LogP contribution is 2.42. The normalized spacial score (nSPS) is 12.1. The highest BCUT2D eigenvalue weighted by molar-refractivity contribution is 6.38. The molecular weight excluding hydrogens is 1240 g/mol. The lowest BCUT2D eigenvalue weighted by Crippen LogP contribution is -2.39. The van der Waals surface area contributed by atoms with Gasteiger partial charge in [-0.2, -0.15) is 0 Å². The standard InChI is InChI=1S/C26H35ClN4O.C26H36N4.C19H19Cl2N3O.C7H17N/c1-8-10-20(11-9-2)30-25-23-22(21(32)14-27)18(6)31(26(23)29-19(7)28-25)24-16(4)12-15(3)13-17(24)5;1-8-10-21(11-9-2)29-13-12-22-19(6)30(24-17(4)14-16(3)15-18(24)5)26-23(22)25(29)27-20(7)28-26;1-9-6-10(2)17(11(3)7-9)24-12(4)15(14(25)8-20)16-18(21)22-13(5)23-19(16)24;1-3-5-7(8)6-4-2/h12-13,20H,8-11,14H2,1-7H3,(H,28,29,30);14-15,21H,8-13H2,1-7H3;6-7H,8H2,1-5H3;7H,3-6,8H2,1-2H3. The summed E-state index contributed by atoms with van der Waals surface area (Å²) in [5, 5.41) is 6.55. The molecule has 17 heteroatoms. The summed E-state index contributed by atoms with van der Waals surface area (Å²) < 4.78 is 6.53. The number of hydrogen-bond acceptors (Lipinski definition) is 11. The second-order valence-electron chi connectivity index (χ2n) is 26.6. The molecular formula is C78H107Cl3N12O2. The van der Waals surface area contributed by atoms with Crippen LogP contribution < -0.4 is 16.0 Å². The average Bonchev–Trinajstić information content (AvgIpc) is 1.60. The molecule has 95 heavy (non-hydrogen) atoms. The van der Waals surface area contributed by atoms with Crippen molar-refractivity contribution in [2.75, 3.05) is 28.5 Å². The van der Waals surface area contributed by atoms with Gasteiger partial charge in [-0.15, -0.1) is 23.2 Å². The van der Waals surface area contributed by atoms with Gasteiger partial charge in [-0.25, -0.2) is 29.9 Å². The van der Waals surface area contributed by atoms with E-state index in [2.05, 4.69) is 176 Å². The van der Waals surface area contributed by atoms with Crippen LogP contribution in [-0.2, 0) is 6.42 Å². The third-order valence-electron chi connectivity index (χ3n) is 18.4. The smallest absolute Gasteiger partial charge is 0.180 e. The Morgan fingerprint density at radius 3 is 1.23 bits per heavy atom. The van der Waals surface area contributed by atoms with E-state index in [1.165, 1.54) is 102 Å². The van der Waals surface area contributed by atoms with Crippen molar-refractivity contribution >= 4 is 91.1 Å². The number of nitrogens with zero attached hydrogens (tertiary/aromatic N) is 10. The molecule has 0 spiro atoms. The van der Waals surface area contributed by atoms with Crippen LogP contribution in [-0.4, -0.2) is 91.6 Å². The summed E-state index contributed by atoms with van der Waals surface area (Å²) in [7, 11) is 0. The summed E-state index contributed by atoms with van der Waals surface area (Å²) in [6, 6.07) is 14.5. The number of Topliss-reactive ketones (excluding diaryl/α,β-unsaturated/α-hetero) is 2. The van der Waals surface area contributed by atoms with Crippen LogP contribution in [0.2, 0.25) is 5.15 Å². The Labute approximate surface area is 582 Å². The molecule has 3 aromatic carbocycles. The molecule has 1 aliphatic rings. The summed E-state index contributed by atoms with van der Waals surface area (Å²) in [5.74, 6) is 3.52. The van der Waals surface area contributed by atoms with Gasteiger partial charge in [-0.3, -0.25) is 23.3 Å². The number of halogens is 3. The fourth-order valence-corrected chi connectivity index (χ4v) is 15.5. The third-order valence-corrected chi connectivity index (χ3v) is 19.2. The summed E-state index contributed by atoms with van der Waals surface area (Å²) in [4.78, 5) is 56.6. The number of aromatic nitrogens is 9. The second kappa shape index (κ2) is 33.5. The van der Waals surface area contributed by atoms with Gasteiger partial charge >= 0.3 is 0 Å². The third kappa shape index (κ3) is 16.5. The molecule has 7 heterocycles. The molecule has 10 rings (SSSR count). The zero-order valence-corrected chi connectivity index (χ0v) is 63.3. The first-order valence-corrected chi connectivity index (χ1v) is 36.2. The number of aryl methyl sites for hydroxylation is 12. The Morgan fingerprint density at radius 1 is 0.474 bits per heavy atom. The molecule has 3 N–H and O–H groups in total. The Bertz CT molecular complexity index is 4140. The molecule has 0 unspecified atom stereocenters. The number of anilines is 2. The number of nitrogens with one attached hydrogen (secondary N) is 1. The van der Waals surface area contributed by atoms with Crippen molar-refractivity contribution < 1.29 is 9.59 Å². The average molecular weight is 1350 g/mol. The Morgan fingerprint density at radius 2 is 0.832 bits per heavy atom. The number of alkyl halides is 2. The molecule has 0 aliphatic carbocycles. The van der Waals surface area contributed by atoms with E-state index >= 15 is 0 Å². The van der Waals surface area contributed by atoms with Gasteiger partial charge in [0, 0.05) is 41.8 Å². The number of benzene rings is 3. The van der Waals surface area contributed by atoms with Crippen molar-refractivity contribution in [3.8, 4) is 17.1 Å². The predicted octanol–water partition coefficient (Wildman–Crippen LogP) is 20.0. The van der Waals surface area contributed by atoms with E-state index in [9.17, 15) is 9.59 Å². The second-order valence-corrected chi connectivity index (χ2v) is 27.5. The SMILES string of the molecule is CCCC(CCC)N1CCc2c(C)n(-c3c(C)cc(C)cc3C)c3nc(C)nc1c23.CCCC(CCC)Nc1nc(C)nc2c1c(C(=O)CCl)c(C)n2-c1c(C)cc(C)cc1C.CCCC(N)CCC.Cc1cc(C)c(-n2c(C)c(C(=O)CCl)c3c(Cl)nc(C)nc32)c(C)c1. The maximum absolute atomic E-state index is 13.1. The molecule has 0 fully saturated rings. The minimum Gasteiger partial charge on any atom is -0.367 e. The molecule has 0 saturated carbocycles. The highest BCUT2D eigenvalue weighted by atomic mass is 35.5. The summed E-state index contributed by atoms with van der Waals surface area (Å²) in [6.07, 6.45) is 15.0. The predicted molar refractivity (Wildman–Crippen MR) is 402 cm³/mol. The van der Waals surface area contributed by atoms with E-state index in [0.717, 1.165) is 118 Å². The monoisotopic (exact) mass is 1350 g/mol. The first kappa shape index (κ1) is 75.7. The van der Waals surface area contributed by atoms with Gasteiger partial charge < -0.3 is 16.0 Å². The molecule has 0 atom stereocenters. The number of hydrogen-bond donors (Lipinski definition) is 2. The minimum atomic E-state index is -0.181. The van der Waals surface area contributed by atoms with Gasteiger partial charge in [0.1, 0.15) is 34.3 Å². The maximum Gasteiger partial charge on any atom is 0.180 e. The lowest BCUT2D eigenvalue weighted by Gasteiger charge is -2.36. The largest absolute Gasteiger partial charge is 0.367 e. The van der Waals surface area contributed by atoms with Crippen molar-refractivity contribution in [2.45, 2.75) is 247 Å². The van der Waals surface area contributed by atoms with Crippen LogP contribution >= 0.6 is 34.8 Å². The number of carbonyl (C=O) groups excluding carboxylic acids is 2. The van der Waals surface area contributed by atoms with E-state index in [1.54, 1.807) is 6.92 Å². The van der Waals surface area contributed by atoms with Gasteiger partial charge in [0.2, 0.25) is 0 Å². The van der Waals surface area contributed by atoms with Crippen molar-refractivity contribution in [3.05, 3.63) is 143 Å². The Balaban J connectivity index is 0.000000191. The molecule has 0 bridgehead atoms. The Hall–Kier alpha value is -6.71. The van der Waals surface area contributed by atoms with E-state index in [0.29, 0.717) is 51.9 Å².